The summed E-state index contributed by atoms with van der Waals surface area (Å²) in [6.07, 6.45) is -0.557. The van der Waals surface area contributed by atoms with Gasteiger partial charge < -0.3 is 39.6 Å². The summed E-state index contributed by atoms with van der Waals surface area (Å²) in [5.41, 5.74) is -0.842. The summed E-state index contributed by atoms with van der Waals surface area (Å²) in [6.45, 7) is 3.97. The van der Waals surface area contributed by atoms with Crippen LogP contribution in [-0.2, 0) is 16.2 Å². The lowest BCUT2D eigenvalue weighted by molar-refractivity contribution is -0.363. The minimum atomic E-state index is -2.31. The lowest BCUT2D eigenvalue weighted by Crippen LogP contribution is -2.63. The molecule has 0 aliphatic carbocycles. The average Bonchev–Trinajstić information content (AvgIpc) is 3.52. The summed E-state index contributed by atoms with van der Waals surface area (Å²) in [4.78, 5) is 29.4. The van der Waals surface area contributed by atoms with Gasteiger partial charge >= 0.3 is 0 Å². The van der Waals surface area contributed by atoms with Gasteiger partial charge in [-0.05, 0) is 44.6 Å². The number of benzene rings is 1. The van der Waals surface area contributed by atoms with Crippen molar-refractivity contribution >= 4 is 17.2 Å². The lowest BCUT2D eigenvalue weighted by Gasteiger charge is -2.42. The predicted molar refractivity (Wildman–Crippen MR) is 143 cm³/mol. The van der Waals surface area contributed by atoms with E-state index in [-0.39, 0.29) is 12.0 Å². The summed E-state index contributed by atoms with van der Waals surface area (Å²) < 4.78 is 11.8. The lowest BCUT2D eigenvalue weighted by atomic mass is 9.86. The topological polar surface area (TPSA) is 175 Å². The Balaban J connectivity index is 1.29. The van der Waals surface area contributed by atoms with Crippen molar-refractivity contribution in [2.75, 3.05) is 26.3 Å². The Kier molecular flexibility index (Phi) is 7.61. The zero-order valence-electron chi connectivity index (χ0n) is 22.5. The van der Waals surface area contributed by atoms with E-state index in [0.29, 0.717) is 52.4 Å². The fraction of sp³-hybridized carbons (Fsp3) is 0.500. The summed E-state index contributed by atoms with van der Waals surface area (Å²) in [5.74, 6) is 1.04. The van der Waals surface area contributed by atoms with Crippen molar-refractivity contribution in [1.29, 1.82) is 0 Å². The first-order valence-corrected chi connectivity index (χ1v) is 13.0. The van der Waals surface area contributed by atoms with Crippen LogP contribution in [0.4, 0.5) is 0 Å². The highest BCUT2D eigenvalue weighted by Crippen LogP contribution is 2.37. The van der Waals surface area contributed by atoms with Gasteiger partial charge in [0.05, 0.1) is 29.9 Å². The Bertz CT molecular complexity index is 1430. The molecule has 0 radical (unpaired) electrons. The Morgan fingerprint density at radius 1 is 1.25 bits per heavy atom. The molecule has 5 atom stereocenters. The number of fused-ring (bicyclic) bond motifs is 3. The molecule has 216 valence electrons. The first-order chi connectivity index (χ1) is 18.9. The number of aliphatic imine (C=N–C) groups is 1. The van der Waals surface area contributed by atoms with E-state index in [9.17, 15) is 30.3 Å². The Morgan fingerprint density at radius 3 is 2.77 bits per heavy atom. The summed E-state index contributed by atoms with van der Waals surface area (Å²) >= 11 is 0. The molecular weight excluding hydrogens is 524 g/mol. The van der Waals surface area contributed by atoms with Crippen molar-refractivity contribution < 1.29 is 44.5 Å². The highest BCUT2D eigenvalue weighted by molar-refractivity contribution is 5.80. The molecular formula is C28H34N2O10. The van der Waals surface area contributed by atoms with Gasteiger partial charge in [0.2, 0.25) is 0 Å². The average molecular weight is 559 g/mol. The van der Waals surface area contributed by atoms with Crippen molar-refractivity contribution in [1.82, 2.24) is 4.90 Å². The molecule has 0 spiro atoms. The van der Waals surface area contributed by atoms with E-state index in [1.165, 1.54) is 6.07 Å². The second-order valence-corrected chi connectivity index (χ2v) is 11.0. The van der Waals surface area contributed by atoms with Crippen LogP contribution in [0.3, 0.4) is 0 Å². The number of aliphatic hydroxyl groups is 5. The van der Waals surface area contributed by atoms with E-state index in [1.54, 1.807) is 50.1 Å². The van der Waals surface area contributed by atoms with E-state index >= 15 is 0 Å². The van der Waals surface area contributed by atoms with Crippen molar-refractivity contribution in [3.63, 3.8) is 0 Å². The summed E-state index contributed by atoms with van der Waals surface area (Å²) in [7, 11) is 0. The number of aliphatic hydroxyl groups excluding tert-OH is 4. The molecule has 0 saturated carbocycles. The van der Waals surface area contributed by atoms with Crippen LogP contribution in [0.15, 0.2) is 55.9 Å². The number of hydrogen-bond donors (Lipinski definition) is 5. The molecule has 0 saturated heterocycles. The number of nitrogens with zero attached hydrogens (tertiary/aromatic N) is 2. The number of aryl methyl sites for hydroxylation is 1. The summed E-state index contributed by atoms with van der Waals surface area (Å²) in [5, 5.41) is 53.1. The van der Waals surface area contributed by atoms with Crippen LogP contribution in [0, 0.1) is 6.92 Å². The number of ether oxygens (including phenoxy) is 1. The maximum absolute atomic E-state index is 12.5. The quantitative estimate of drug-likeness (QED) is 0.198. The van der Waals surface area contributed by atoms with Crippen LogP contribution >= 0.6 is 0 Å². The molecule has 5 N–H and O–H groups in total. The van der Waals surface area contributed by atoms with Gasteiger partial charge in [0.1, 0.15) is 59.3 Å². The number of hydrogen-bond acceptors (Lipinski definition) is 12. The third-order valence-corrected chi connectivity index (χ3v) is 7.64. The van der Waals surface area contributed by atoms with Crippen LogP contribution in [0.1, 0.15) is 25.2 Å². The van der Waals surface area contributed by atoms with Crippen molar-refractivity contribution in [2.45, 2.75) is 62.8 Å². The molecule has 12 nitrogen and oxygen atoms in total. The zero-order valence-corrected chi connectivity index (χ0v) is 22.5. The van der Waals surface area contributed by atoms with Gasteiger partial charge in [0.15, 0.2) is 5.43 Å². The van der Waals surface area contributed by atoms with Crippen molar-refractivity contribution in [3.8, 4) is 5.75 Å². The van der Waals surface area contributed by atoms with Gasteiger partial charge in [-0.3, -0.25) is 9.79 Å². The Labute approximate surface area is 230 Å². The second kappa shape index (κ2) is 10.7. The van der Waals surface area contributed by atoms with E-state index in [4.69, 9.17) is 18.9 Å². The standard InChI is InChI=1S/C28H34N2O10/c1-15-8-20(32)17-9-16-10-25(27(2,3)39-22(16)11-23(17)38-15)40-37-13-24(34)28(36,26(35)21(33)12-31)14-30-7-5-18-19(30)4-6-29-18/h4-6,8-9,11,21,24-26,31,33-36H,7,10,12-14H2,1-3H3. The van der Waals surface area contributed by atoms with Crippen LogP contribution in [0.2, 0.25) is 0 Å². The van der Waals surface area contributed by atoms with Crippen LogP contribution in [0.25, 0.3) is 11.0 Å². The van der Waals surface area contributed by atoms with E-state index < -0.39 is 48.8 Å². The molecule has 0 amide bonds. The minimum Gasteiger partial charge on any atom is -0.485 e. The fourth-order valence-electron chi connectivity index (χ4n) is 5.22. The number of β-amino-alcohol motifs (C(OH)–C–C–N with tert-alkyl or cyclic N) is 1. The molecule has 40 heavy (non-hydrogen) atoms. The smallest absolute Gasteiger partial charge is 0.192 e. The van der Waals surface area contributed by atoms with Gasteiger partial charge in [-0.1, -0.05) is 0 Å². The van der Waals surface area contributed by atoms with Gasteiger partial charge in [0, 0.05) is 31.3 Å². The highest BCUT2D eigenvalue weighted by atomic mass is 17.2. The van der Waals surface area contributed by atoms with Gasteiger partial charge in [0.25, 0.3) is 0 Å². The molecule has 1 aromatic heterocycles. The van der Waals surface area contributed by atoms with Crippen molar-refractivity contribution in [3.05, 3.63) is 63.3 Å². The SMILES string of the molecule is Cc1cc(=O)c2cc3c(cc2o1)OC(C)(C)C(OOCC(O)C(O)(CN1CC=C2N=CC=C21)C(O)C(O)CO)C3. The van der Waals surface area contributed by atoms with Gasteiger partial charge in [-0.2, -0.15) is 0 Å². The second-order valence-electron chi connectivity index (χ2n) is 11.0. The zero-order chi connectivity index (χ0) is 28.8. The predicted octanol–water partition coefficient (Wildman–Crippen LogP) is 0.106. The van der Waals surface area contributed by atoms with E-state index in [1.807, 2.05) is 6.08 Å². The number of allylic oxidation sites excluding steroid dienone is 1. The first-order valence-electron chi connectivity index (χ1n) is 13.0. The molecule has 3 aliphatic rings. The molecule has 3 aliphatic heterocycles. The molecule has 1 aromatic carbocycles. The van der Waals surface area contributed by atoms with Crippen molar-refractivity contribution in [2.24, 2.45) is 4.99 Å². The third kappa shape index (κ3) is 5.19. The molecule has 5 rings (SSSR count). The van der Waals surface area contributed by atoms with Gasteiger partial charge in [-0.15, -0.1) is 0 Å². The Hall–Kier alpha value is -3.10. The Morgan fingerprint density at radius 2 is 2.02 bits per heavy atom. The molecule has 0 bridgehead atoms. The molecule has 0 fully saturated rings. The number of rotatable bonds is 10. The van der Waals surface area contributed by atoms with E-state index in [0.717, 1.165) is 0 Å². The first kappa shape index (κ1) is 28.4. The van der Waals surface area contributed by atoms with Crippen LogP contribution in [-0.4, -0.2) is 98.6 Å². The van der Waals surface area contributed by atoms with Crippen LogP contribution < -0.4 is 10.2 Å². The minimum absolute atomic E-state index is 0.175. The molecule has 12 heteroatoms. The molecule has 2 aromatic rings. The maximum Gasteiger partial charge on any atom is 0.192 e. The summed E-state index contributed by atoms with van der Waals surface area (Å²) in [6, 6.07) is 4.79. The third-order valence-electron chi connectivity index (χ3n) is 7.64. The fourth-order valence-corrected chi connectivity index (χ4v) is 5.22. The monoisotopic (exact) mass is 558 g/mol. The van der Waals surface area contributed by atoms with E-state index in [2.05, 4.69) is 4.99 Å². The van der Waals surface area contributed by atoms with Crippen LogP contribution in [0.5, 0.6) is 5.75 Å². The van der Waals surface area contributed by atoms with Gasteiger partial charge in [-0.25, -0.2) is 9.78 Å². The largest absolute Gasteiger partial charge is 0.485 e. The maximum atomic E-state index is 12.5. The highest BCUT2D eigenvalue weighted by Gasteiger charge is 2.49. The normalized spacial score (nSPS) is 23.1. The molecule has 4 heterocycles. The molecule has 5 unspecified atom stereocenters.